The van der Waals surface area contributed by atoms with Crippen molar-refractivity contribution < 1.29 is 13.5 Å². The molecule has 0 aliphatic carbocycles. The van der Waals surface area contributed by atoms with Crippen LogP contribution in [0.15, 0.2) is 55.0 Å². The van der Waals surface area contributed by atoms with Crippen LogP contribution in [0.2, 0.25) is 5.02 Å². The minimum atomic E-state index is -3.53. The number of hydrogen-bond donors (Lipinski definition) is 3. The topological polar surface area (TPSA) is 130 Å². The average molecular weight is 545 g/mol. The van der Waals surface area contributed by atoms with Gasteiger partial charge >= 0.3 is 0 Å². The van der Waals surface area contributed by atoms with E-state index in [1.165, 1.54) is 11.3 Å². The molecule has 3 aromatic heterocycles. The Balaban J connectivity index is 1.83. The normalized spacial score (nSPS) is 12.3. The van der Waals surface area contributed by atoms with Crippen molar-refractivity contribution in [3.05, 3.63) is 60.0 Å². The standard InChI is InChI=1S/C24H25ClN6O3S2/c1-3-13-36(33,34)31-18-6-4-5-17(20(18)25)21-22(35-23(30-21)16-7-10-26-11-8-16)19-9-12-27-24(29-19)28-14-15(2)32/h4-12,15,31-32H,3,13-14H2,1-2H3,(H,27,28,29)/t15-/m1/s1. The highest BCUT2D eigenvalue weighted by atomic mass is 35.5. The summed E-state index contributed by atoms with van der Waals surface area (Å²) >= 11 is 8.16. The molecule has 0 spiro atoms. The second kappa shape index (κ2) is 11.3. The highest BCUT2D eigenvalue weighted by Gasteiger charge is 2.22. The number of benzene rings is 1. The van der Waals surface area contributed by atoms with E-state index in [0.29, 0.717) is 35.9 Å². The van der Waals surface area contributed by atoms with Crippen molar-refractivity contribution in [2.24, 2.45) is 0 Å². The summed E-state index contributed by atoms with van der Waals surface area (Å²) in [6, 6.07) is 10.6. The number of pyridine rings is 1. The van der Waals surface area contributed by atoms with Crippen LogP contribution in [-0.4, -0.2) is 51.9 Å². The first-order valence-electron chi connectivity index (χ1n) is 11.2. The molecule has 0 saturated carbocycles. The lowest BCUT2D eigenvalue weighted by Gasteiger charge is -2.12. The summed E-state index contributed by atoms with van der Waals surface area (Å²) in [5.74, 6) is 0.357. The predicted octanol–water partition coefficient (Wildman–Crippen LogP) is 4.93. The molecule has 9 nitrogen and oxygen atoms in total. The van der Waals surface area contributed by atoms with Gasteiger partial charge in [-0.25, -0.2) is 23.4 Å². The Hall–Kier alpha value is -3.12. The largest absolute Gasteiger partial charge is 0.392 e. The van der Waals surface area contributed by atoms with Gasteiger partial charge in [0.2, 0.25) is 16.0 Å². The van der Waals surface area contributed by atoms with E-state index in [4.69, 9.17) is 16.6 Å². The van der Waals surface area contributed by atoms with Crippen LogP contribution < -0.4 is 10.0 Å². The van der Waals surface area contributed by atoms with E-state index in [2.05, 4.69) is 25.0 Å². The molecule has 1 aromatic carbocycles. The second-order valence-electron chi connectivity index (χ2n) is 8.02. The van der Waals surface area contributed by atoms with Crippen molar-refractivity contribution in [3.63, 3.8) is 0 Å². The number of aliphatic hydroxyl groups is 1. The lowest BCUT2D eigenvalue weighted by Crippen LogP contribution is -2.16. The predicted molar refractivity (Wildman–Crippen MR) is 145 cm³/mol. The molecule has 4 rings (SSSR count). The molecule has 0 bridgehead atoms. The van der Waals surface area contributed by atoms with E-state index in [1.807, 2.05) is 12.1 Å². The first-order valence-corrected chi connectivity index (χ1v) is 14.1. The Bertz CT molecular complexity index is 1450. The first-order chi connectivity index (χ1) is 17.3. The van der Waals surface area contributed by atoms with Gasteiger partial charge in [-0.3, -0.25) is 9.71 Å². The molecule has 0 unspecified atom stereocenters. The van der Waals surface area contributed by atoms with Crippen LogP contribution in [0.25, 0.3) is 32.4 Å². The number of anilines is 2. The van der Waals surface area contributed by atoms with Crippen molar-refractivity contribution in [3.8, 4) is 32.4 Å². The van der Waals surface area contributed by atoms with E-state index >= 15 is 0 Å². The van der Waals surface area contributed by atoms with Gasteiger partial charge in [-0.1, -0.05) is 30.7 Å². The van der Waals surface area contributed by atoms with Crippen LogP contribution in [0.5, 0.6) is 0 Å². The number of hydrogen-bond acceptors (Lipinski definition) is 9. The summed E-state index contributed by atoms with van der Waals surface area (Å²) in [5.41, 5.74) is 2.90. The molecule has 0 aliphatic heterocycles. The SMILES string of the molecule is CCCS(=O)(=O)Nc1cccc(-c2nc(-c3ccncc3)sc2-c2ccnc(NC[C@@H](C)O)n2)c1Cl. The average Bonchev–Trinajstić information content (AvgIpc) is 3.30. The Morgan fingerprint density at radius 2 is 1.89 bits per heavy atom. The van der Waals surface area contributed by atoms with Gasteiger partial charge in [0, 0.05) is 36.3 Å². The number of aromatic nitrogens is 4. The Morgan fingerprint density at radius 3 is 2.61 bits per heavy atom. The maximum atomic E-state index is 12.4. The number of rotatable bonds is 10. The summed E-state index contributed by atoms with van der Waals surface area (Å²) < 4.78 is 27.4. The summed E-state index contributed by atoms with van der Waals surface area (Å²) in [7, 11) is -3.53. The van der Waals surface area contributed by atoms with Crippen molar-refractivity contribution >= 4 is 44.6 Å². The van der Waals surface area contributed by atoms with Crippen LogP contribution in [0.4, 0.5) is 11.6 Å². The Morgan fingerprint density at radius 1 is 1.11 bits per heavy atom. The third-order valence-corrected chi connectivity index (χ3v) is 8.00. The molecular formula is C24H25ClN6O3S2. The monoisotopic (exact) mass is 544 g/mol. The number of nitrogens with zero attached hydrogens (tertiary/aromatic N) is 4. The van der Waals surface area contributed by atoms with Crippen LogP contribution in [0, 0.1) is 0 Å². The molecule has 188 valence electrons. The van der Waals surface area contributed by atoms with Crippen LogP contribution in [-0.2, 0) is 10.0 Å². The van der Waals surface area contributed by atoms with Gasteiger partial charge in [-0.05, 0) is 37.6 Å². The van der Waals surface area contributed by atoms with Gasteiger partial charge in [0.15, 0.2) is 0 Å². The number of halogens is 1. The van der Waals surface area contributed by atoms with E-state index in [1.54, 1.807) is 56.7 Å². The Kier molecular flexibility index (Phi) is 8.14. The Labute approximate surface area is 218 Å². The zero-order valence-corrected chi connectivity index (χ0v) is 22.0. The molecule has 0 amide bonds. The maximum absolute atomic E-state index is 12.4. The third kappa shape index (κ3) is 6.16. The number of sulfonamides is 1. The van der Waals surface area contributed by atoms with Crippen molar-refractivity contribution in [1.29, 1.82) is 0 Å². The van der Waals surface area contributed by atoms with Gasteiger partial charge in [-0.2, -0.15) is 0 Å². The zero-order valence-electron chi connectivity index (χ0n) is 19.6. The molecular weight excluding hydrogens is 520 g/mol. The molecule has 36 heavy (non-hydrogen) atoms. The zero-order chi connectivity index (χ0) is 25.7. The van der Waals surface area contributed by atoms with E-state index in [-0.39, 0.29) is 16.5 Å². The second-order valence-corrected chi connectivity index (χ2v) is 11.2. The number of thiazole rings is 1. The fourth-order valence-electron chi connectivity index (χ4n) is 3.38. The van der Waals surface area contributed by atoms with Crippen LogP contribution >= 0.6 is 22.9 Å². The van der Waals surface area contributed by atoms with Crippen LogP contribution in [0.1, 0.15) is 20.3 Å². The molecule has 1 atom stereocenters. The molecule has 0 aliphatic rings. The highest BCUT2D eigenvalue weighted by Crippen LogP contribution is 2.43. The fraction of sp³-hybridized carbons (Fsp3) is 0.250. The van der Waals surface area contributed by atoms with Crippen molar-refractivity contribution in [2.45, 2.75) is 26.4 Å². The van der Waals surface area contributed by atoms with Crippen LogP contribution in [0.3, 0.4) is 0 Å². The number of aliphatic hydroxyl groups excluding tert-OH is 1. The minimum Gasteiger partial charge on any atom is -0.392 e. The van der Waals surface area contributed by atoms with E-state index in [0.717, 1.165) is 15.4 Å². The van der Waals surface area contributed by atoms with E-state index in [9.17, 15) is 13.5 Å². The summed E-state index contributed by atoms with van der Waals surface area (Å²) in [4.78, 5) is 18.5. The van der Waals surface area contributed by atoms with Gasteiger partial charge in [-0.15, -0.1) is 11.3 Å². The fourth-order valence-corrected chi connectivity index (χ4v) is 5.90. The molecule has 0 fully saturated rings. The lowest BCUT2D eigenvalue weighted by molar-refractivity contribution is 0.208. The summed E-state index contributed by atoms with van der Waals surface area (Å²) in [6.07, 6.45) is 4.92. The first kappa shape index (κ1) is 26.0. The minimum absolute atomic E-state index is 0.00906. The highest BCUT2D eigenvalue weighted by molar-refractivity contribution is 7.92. The smallest absolute Gasteiger partial charge is 0.232 e. The summed E-state index contributed by atoms with van der Waals surface area (Å²) in [5, 5.41) is 13.6. The molecule has 0 saturated heterocycles. The van der Waals surface area contributed by atoms with Crippen molar-refractivity contribution in [2.75, 3.05) is 22.3 Å². The van der Waals surface area contributed by atoms with Gasteiger partial charge in [0.25, 0.3) is 0 Å². The van der Waals surface area contributed by atoms with Gasteiger partial charge in [0.1, 0.15) is 5.01 Å². The maximum Gasteiger partial charge on any atom is 0.232 e. The molecule has 0 radical (unpaired) electrons. The lowest BCUT2D eigenvalue weighted by atomic mass is 10.1. The van der Waals surface area contributed by atoms with E-state index < -0.39 is 16.1 Å². The molecule has 12 heteroatoms. The van der Waals surface area contributed by atoms with Crippen molar-refractivity contribution in [1.82, 2.24) is 19.9 Å². The molecule has 3 heterocycles. The summed E-state index contributed by atoms with van der Waals surface area (Å²) in [6.45, 7) is 3.77. The molecule has 3 N–H and O–H groups in total. The quantitative estimate of drug-likeness (QED) is 0.256. The van der Waals surface area contributed by atoms with Gasteiger partial charge < -0.3 is 10.4 Å². The van der Waals surface area contributed by atoms with Gasteiger partial charge in [0.05, 0.1) is 38.8 Å². The number of nitrogens with one attached hydrogen (secondary N) is 2. The molecule has 4 aromatic rings. The third-order valence-electron chi connectivity index (χ3n) is 4.99.